The molecule has 5 heteroatoms. The number of fused-ring (bicyclic) bond motifs is 1. The van der Waals surface area contributed by atoms with E-state index >= 15 is 0 Å². The molecule has 1 aromatic rings. The van der Waals surface area contributed by atoms with E-state index in [0.29, 0.717) is 11.3 Å². The van der Waals surface area contributed by atoms with E-state index in [4.69, 9.17) is 4.84 Å². The molecule has 1 amide bonds. The quantitative estimate of drug-likeness (QED) is 0.753. The van der Waals surface area contributed by atoms with Gasteiger partial charge in [0, 0.05) is 5.69 Å². The Labute approximate surface area is 103 Å². The van der Waals surface area contributed by atoms with E-state index in [1.165, 1.54) is 17.4 Å². The number of rotatable bonds is 1. The van der Waals surface area contributed by atoms with Crippen molar-refractivity contribution < 1.29 is 14.4 Å². The number of nitrogens with one attached hydrogen (secondary N) is 1. The van der Waals surface area contributed by atoms with Gasteiger partial charge >= 0.3 is 0 Å². The summed E-state index contributed by atoms with van der Waals surface area (Å²) in [4.78, 5) is 30.2. The number of amides is 1. The number of carbonyl (C=O) groups excluding carboxylic acids is 2. The van der Waals surface area contributed by atoms with E-state index in [2.05, 4.69) is 5.48 Å². The van der Waals surface area contributed by atoms with Crippen molar-refractivity contribution >= 4 is 17.4 Å². The Morgan fingerprint density at radius 2 is 1.94 bits per heavy atom. The number of hydrogen-bond donors (Lipinski definition) is 1. The first-order valence-corrected chi connectivity index (χ1v) is 5.50. The number of hydroxylamine groups is 1. The average Bonchev–Trinajstić information content (AvgIpc) is 2.40. The lowest BCUT2D eigenvalue weighted by Crippen LogP contribution is -2.41. The molecule has 0 bridgehead atoms. The summed E-state index contributed by atoms with van der Waals surface area (Å²) in [5.41, 5.74) is 4.21. The number of piperidine rings is 1. The van der Waals surface area contributed by atoms with Gasteiger partial charge in [-0.1, -0.05) is 18.2 Å². The predicted octanol–water partition coefficient (Wildman–Crippen LogP) is 1.25. The molecule has 0 saturated carbocycles. The van der Waals surface area contributed by atoms with Crippen LogP contribution in [0.2, 0.25) is 0 Å². The highest BCUT2D eigenvalue weighted by Gasteiger charge is 2.35. The lowest BCUT2D eigenvalue weighted by atomic mass is 9.99. The third-order valence-corrected chi connectivity index (χ3v) is 2.83. The number of ketones is 1. The second kappa shape index (κ2) is 4.03. The average molecular weight is 242 g/mol. The lowest BCUT2D eigenvalue weighted by molar-refractivity contribution is -0.125. The van der Waals surface area contributed by atoms with Crippen LogP contribution in [0.4, 0.5) is 5.69 Å². The molecule has 18 heavy (non-hydrogen) atoms. The Hall–Kier alpha value is -2.56. The van der Waals surface area contributed by atoms with Crippen LogP contribution in [0, 0.1) is 0 Å². The normalized spacial score (nSPS) is 18.3. The van der Waals surface area contributed by atoms with Gasteiger partial charge in [-0.05, 0) is 12.1 Å². The zero-order valence-electron chi connectivity index (χ0n) is 9.42. The minimum atomic E-state index is -0.238. The summed E-state index contributed by atoms with van der Waals surface area (Å²) in [7, 11) is 0. The Balaban J connectivity index is 2.08. The molecule has 0 atom stereocenters. The van der Waals surface area contributed by atoms with Gasteiger partial charge in [-0.15, -0.1) is 0 Å². The summed E-state index contributed by atoms with van der Waals surface area (Å²) in [6.07, 6.45) is 2.71. The van der Waals surface area contributed by atoms with Crippen LogP contribution in [-0.2, 0) is 14.4 Å². The number of para-hydroxylation sites is 1. The zero-order chi connectivity index (χ0) is 12.5. The first-order chi connectivity index (χ1) is 8.77. The van der Waals surface area contributed by atoms with Crippen LogP contribution in [0.15, 0.2) is 54.1 Å². The highest BCUT2D eigenvalue weighted by molar-refractivity contribution is 6.20. The summed E-state index contributed by atoms with van der Waals surface area (Å²) in [6, 6.07) is 9.20. The smallest absolute Gasteiger partial charge is 0.239 e. The Morgan fingerprint density at radius 3 is 2.72 bits per heavy atom. The molecule has 1 N–H and O–H groups in total. The maximum Gasteiger partial charge on any atom is 0.239 e. The highest BCUT2D eigenvalue weighted by atomic mass is 16.6. The fraction of sp³-hybridized carbons (Fsp3) is 0.0769. The van der Waals surface area contributed by atoms with Gasteiger partial charge in [0.1, 0.15) is 6.26 Å². The summed E-state index contributed by atoms with van der Waals surface area (Å²) in [5, 5.41) is 0. The molecule has 0 aromatic heterocycles. The van der Waals surface area contributed by atoms with Gasteiger partial charge in [-0.3, -0.25) is 14.5 Å². The zero-order valence-corrected chi connectivity index (χ0v) is 9.42. The third-order valence-electron chi connectivity index (χ3n) is 2.83. The van der Waals surface area contributed by atoms with E-state index in [0.717, 1.165) is 5.69 Å². The van der Waals surface area contributed by atoms with E-state index in [9.17, 15) is 9.59 Å². The third kappa shape index (κ3) is 1.57. The summed E-state index contributed by atoms with van der Waals surface area (Å²) >= 11 is 0. The van der Waals surface area contributed by atoms with E-state index in [1.54, 1.807) is 0 Å². The van der Waals surface area contributed by atoms with Crippen LogP contribution in [-0.4, -0.2) is 11.7 Å². The molecule has 2 aliphatic rings. The largest absolute Gasteiger partial charge is 0.390 e. The van der Waals surface area contributed by atoms with Crippen molar-refractivity contribution in [1.29, 1.82) is 0 Å². The van der Waals surface area contributed by atoms with Crippen LogP contribution in [0.1, 0.15) is 6.42 Å². The molecular weight excluding hydrogens is 232 g/mol. The molecule has 0 aliphatic carbocycles. The minimum Gasteiger partial charge on any atom is -0.390 e. The monoisotopic (exact) mass is 242 g/mol. The number of nitrogens with zero attached hydrogens (tertiary/aromatic N) is 1. The van der Waals surface area contributed by atoms with Crippen molar-refractivity contribution in [2.24, 2.45) is 0 Å². The van der Waals surface area contributed by atoms with Crippen LogP contribution >= 0.6 is 0 Å². The van der Waals surface area contributed by atoms with E-state index in [1.807, 2.05) is 30.3 Å². The standard InChI is InChI=1S/C13H10N2O3/c16-12-6-13(17)15(9-4-2-1-3-5-9)11-7-14-18-8-10(11)12/h1-5,7-8,14H,6H2. The molecule has 1 saturated heterocycles. The molecule has 0 radical (unpaired) electrons. The molecular formula is C13H10N2O3. The minimum absolute atomic E-state index is 0.137. The van der Waals surface area contributed by atoms with Crippen LogP contribution in [0.3, 0.4) is 0 Å². The molecule has 1 aromatic carbocycles. The van der Waals surface area contributed by atoms with Crippen molar-refractivity contribution in [3.05, 3.63) is 54.1 Å². The van der Waals surface area contributed by atoms with Gasteiger partial charge in [-0.2, -0.15) is 0 Å². The number of carbonyl (C=O) groups is 2. The predicted molar refractivity (Wildman–Crippen MR) is 63.9 cm³/mol. The van der Waals surface area contributed by atoms with Gasteiger partial charge in [0.2, 0.25) is 5.91 Å². The molecule has 0 unspecified atom stereocenters. The van der Waals surface area contributed by atoms with Crippen molar-refractivity contribution in [3.63, 3.8) is 0 Å². The number of allylic oxidation sites excluding steroid dienone is 1. The molecule has 90 valence electrons. The molecule has 0 spiro atoms. The molecule has 3 rings (SSSR count). The summed E-state index contributed by atoms with van der Waals surface area (Å²) in [6.45, 7) is 0. The van der Waals surface area contributed by atoms with Crippen molar-refractivity contribution in [1.82, 2.24) is 5.48 Å². The van der Waals surface area contributed by atoms with Crippen LogP contribution in [0.25, 0.3) is 0 Å². The second-order valence-electron chi connectivity index (χ2n) is 3.96. The first kappa shape index (κ1) is 10.6. The Bertz CT molecular complexity index is 575. The second-order valence-corrected chi connectivity index (χ2v) is 3.96. The SMILES string of the molecule is O=C1CC(=O)N(c2ccccc2)C2=CNOC=C12. The molecule has 2 aliphatic heterocycles. The Morgan fingerprint density at radius 1 is 1.17 bits per heavy atom. The summed E-state index contributed by atoms with van der Waals surface area (Å²) in [5.74, 6) is -0.460. The summed E-state index contributed by atoms with van der Waals surface area (Å²) < 4.78 is 0. The fourth-order valence-corrected chi connectivity index (χ4v) is 2.02. The molecule has 5 nitrogen and oxygen atoms in total. The van der Waals surface area contributed by atoms with Crippen molar-refractivity contribution in [2.45, 2.75) is 6.42 Å². The number of Topliss-reactive ketones (excluding diaryl/α,β-unsaturated/α-hetero) is 1. The van der Waals surface area contributed by atoms with E-state index in [-0.39, 0.29) is 18.1 Å². The van der Waals surface area contributed by atoms with Gasteiger partial charge < -0.3 is 4.84 Å². The topological polar surface area (TPSA) is 58.6 Å². The van der Waals surface area contributed by atoms with Gasteiger partial charge in [0.05, 0.1) is 23.9 Å². The van der Waals surface area contributed by atoms with Crippen molar-refractivity contribution in [3.8, 4) is 0 Å². The number of anilines is 1. The lowest BCUT2D eigenvalue weighted by Gasteiger charge is -2.31. The molecule has 2 heterocycles. The highest BCUT2D eigenvalue weighted by Crippen LogP contribution is 2.30. The molecule has 1 fully saturated rings. The Kier molecular flexibility index (Phi) is 2.37. The van der Waals surface area contributed by atoms with Crippen LogP contribution < -0.4 is 10.4 Å². The van der Waals surface area contributed by atoms with Crippen molar-refractivity contribution in [2.75, 3.05) is 4.90 Å². The maximum atomic E-state index is 12.0. The number of hydrogen-bond acceptors (Lipinski definition) is 4. The fourth-order valence-electron chi connectivity index (χ4n) is 2.02. The van der Waals surface area contributed by atoms with Gasteiger partial charge in [0.25, 0.3) is 0 Å². The van der Waals surface area contributed by atoms with E-state index < -0.39 is 0 Å². The maximum absolute atomic E-state index is 12.0. The number of benzene rings is 1. The van der Waals surface area contributed by atoms with Gasteiger partial charge in [0.15, 0.2) is 5.78 Å². The van der Waals surface area contributed by atoms with Crippen LogP contribution in [0.5, 0.6) is 0 Å². The first-order valence-electron chi connectivity index (χ1n) is 5.50. The van der Waals surface area contributed by atoms with Gasteiger partial charge in [-0.25, -0.2) is 5.48 Å².